The summed E-state index contributed by atoms with van der Waals surface area (Å²) in [6, 6.07) is 16.9. The molecule has 0 aliphatic heterocycles. The van der Waals surface area contributed by atoms with Crippen molar-refractivity contribution in [1.82, 2.24) is 14.8 Å². The van der Waals surface area contributed by atoms with Crippen molar-refractivity contribution < 1.29 is 13.9 Å². The van der Waals surface area contributed by atoms with Gasteiger partial charge in [-0.15, -0.1) is 10.2 Å². The van der Waals surface area contributed by atoms with Gasteiger partial charge in [0.05, 0.1) is 10.6 Å². The average molecular weight is 368 g/mol. The molecule has 0 atom stereocenters. The molecule has 2 aromatic heterocycles. The molecule has 0 spiro atoms. The largest absolute Gasteiger partial charge is 0.454 e. The second-order valence-electron chi connectivity index (χ2n) is 5.64. The fraction of sp³-hybridized carbons (Fsp3) is 0.105. The maximum atomic E-state index is 12.1. The van der Waals surface area contributed by atoms with Gasteiger partial charge in [0.1, 0.15) is 6.54 Å². The van der Waals surface area contributed by atoms with Crippen molar-refractivity contribution >= 4 is 28.5 Å². The maximum Gasteiger partial charge on any atom is 0.326 e. The molecule has 0 unspecified atom stereocenters. The van der Waals surface area contributed by atoms with Crippen molar-refractivity contribution in [3.05, 3.63) is 71.7 Å². The Labute approximate surface area is 154 Å². The highest BCUT2D eigenvalue weighted by atomic mass is 35.5. The number of ether oxygens (including phenoxy) is 1. The molecule has 0 aliphatic carbocycles. The Morgan fingerprint density at radius 3 is 2.77 bits per heavy atom. The molecule has 0 bridgehead atoms. The van der Waals surface area contributed by atoms with E-state index in [2.05, 4.69) is 10.2 Å². The molecule has 2 aromatic carbocycles. The monoisotopic (exact) mass is 367 g/mol. The summed E-state index contributed by atoms with van der Waals surface area (Å²) in [5.74, 6) is 0.118. The van der Waals surface area contributed by atoms with Crippen LogP contribution in [0.25, 0.3) is 22.4 Å². The number of halogens is 1. The Bertz CT molecular complexity index is 1070. The van der Waals surface area contributed by atoms with E-state index in [9.17, 15) is 4.79 Å². The lowest BCUT2D eigenvalue weighted by atomic mass is 10.2. The maximum absolute atomic E-state index is 12.1. The minimum atomic E-state index is -0.385. The number of rotatable bonds is 5. The Morgan fingerprint density at radius 1 is 1.08 bits per heavy atom. The Hall–Kier alpha value is -3.12. The highest BCUT2D eigenvalue weighted by Gasteiger charge is 2.13. The number of hydrogen-bond acceptors (Lipinski definition) is 5. The SMILES string of the molecule is O=C(Cn1ccc2ccccc21)OCc1nnc(-c2ccccc2Cl)o1. The molecule has 0 fully saturated rings. The molecule has 4 aromatic rings. The summed E-state index contributed by atoms with van der Waals surface area (Å²) < 4.78 is 12.6. The van der Waals surface area contributed by atoms with Gasteiger partial charge >= 0.3 is 5.97 Å². The van der Waals surface area contributed by atoms with E-state index in [0.29, 0.717) is 10.6 Å². The normalized spacial score (nSPS) is 11.0. The van der Waals surface area contributed by atoms with E-state index in [0.717, 1.165) is 10.9 Å². The van der Waals surface area contributed by atoms with Gasteiger partial charge in [-0.1, -0.05) is 41.9 Å². The molecule has 0 aliphatic rings. The van der Waals surface area contributed by atoms with E-state index >= 15 is 0 Å². The van der Waals surface area contributed by atoms with Gasteiger partial charge in [-0.05, 0) is 29.7 Å². The van der Waals surface area contributed by atoms with E-state index in [1.807, 2.05) is 53.2 Å². The molecule has 26 heavy (non-hydrogen) atoms. The molecular weight excluding hydrogens is 354 g/mol. The van der Waals surface area contributed by atoms with Crippen LogP contribution in [0.3, 0.4) is 0 Å². The van der Waals surface area contributed by atoms with Gasteiger partial charge in [-0.25, -0.2) is 0 Å². The zero-order valence-corrected chi connectivity index (χ0v) is 14.4. The number of aromatic nitrogens is 3. The smallest absolute Gasteiger partial charge is 0.326 e. The summed E-state index contributed by atoms with van der Waals surface area (Å²) >= 11 is 6.11. The first kappa shape index (κ1) is 16.4. The molecule has 6 nitrogen and oxygen atoms in total. The van der Waals surface area contributed by atoms with Crippen LogP contribution in [0.15, 0.2) is 65.2 Å². The topological polar surface area (TPSA) is 70.2 Å². The van der Waals surface area contributed by atoms with E-state index in [1.165, 1.54) is 0 Å². The van der Waals surface area contributed by atoms with Gasteiger partial charge < -0.3 is 13.7 Å². The van der Waals surface area contributed by atoms with Crippen LogP contribution in [0.1, 0.15) is 5.89 Å². The third kappa shape index (κ3) is 3.32. The number of nitrogens with zero attached hydrogens (tertiary/aromatic N) is 3. The zero-order chi connectivity index (χ0) is 17.9. The van der Waals surface area contributed by atoms with Crippen molar-refractivity contribution in [2.24, 2.45) is 0 Å². The molecule has 130 valence electrons. The molecule has 7 heteroatoms. The van der Waals surface area contributed by atoms with Crippen molar-refractivity contribution in [2.75, 3.05) is 0 Å². The summed E-state index contributed by atoms with van der Waals surface area (Å²) in [5, 5.41) is 9.42. The molecule has 0 N–H and O–H groups in total. The third-order valence-corrected chi connectivity index (χ3v) is 4.24. The molecular formula is C19H14ClN3O3. The van der Waals surface area contributed by atoms with Crippen LogP contribution in [0.4, 0.5) is 0 Å². The predicted molar refractivity (Wildman–Crippen MR) is 96.5 cm³/mol. The fourth-order valence-corrected chi connectivity index (χ4v) is 2.88. The van der Waals surface area contributed by atoms with E-state index in [1.54, 1.807) is 12.1 Å². The number of carbonyl (C=O) groups excluding carboxylic acids is 1. The molecule has 0 radical (unpaired) electrons. The van der Waals surface area contributed by atoms with E-state index in [4.69, 9.17) is 20.8 Å². The lowest BCUT2D eigenvalue weighted by Crippen LogP contribution is -2.12. The van der Waals surface area contributed by atoms with Crippen LogP contribution < -0.4 is 0 Å². The van der Waals surface area contributed by atoms with Crippen LogP contribution in [0.2, 0.25) is 5.02 Å². The average Bonchev–Trinajstić information content (AvgIpc) is 3.28. The third-order valence-electron chi connectivity index (χ3n) is 3.91. The standard InChI is InChI=1S/C19H14ClN3O3/c20-15-7-3-2-6-14(15)19-22-21-17(26-19)12-25-18(24)11-23-10-9-13-5-1-4-8-16(13)23/h1-10H,11-12H2. The number of carbonyl (C=O) groups is 1. The van der Waals surface area contributed by atoms with Crippen molar-refractivity contribution in [1.29, 1.82) is 0 Å². The van der Waals surface area contributed by atoms with Crippen LogP contribution in [-0.2, 0) is 22.7 Å². The second-order valence-corrected chi connectivity index (χ2v) is 6.05. The van der Waals surface area contributed by atoms with Crippen LogP contribution in [0.5, 0.6) is 0 Å². The van der Waals surface area contributed by atoms with Gasteiger partial charge in [-0.3, -0.25) is 4.79 Å². The summed E-state index contributed by atoms with van der Waals surface area (Å²) in [6.45, 7) is 0.0223. The van der Waals surface area contributed by atoms with Crippen molar-refractivity contribution in [3.8, 4) is 11.5 Å². The quantitative estimate of drug-likeness (QED) is 0.497. The Morgan fingerprint density at radius 2 is 1.88 bits per heavy atom. The van der Waals surface area contributed by atoms with E-state index in [-0.39, 0.29) is 30.9 Å². The summed E-state index contributed by atoms with van der Waals surface area (Å²) in [4.78, 5) is 12.1. The van der Waals surface area contributed by atoms with Crippen molar-refractivity contribution in [2.45, 2.75) is 13.2 Å². The predicted octanol–water partition coefficient (Wildman–Crippen LogP) is 4.09. The van der Waals surface area contributed by atoms with Crippen molar-refractivity contribution in [3.63, 3.8) is 0 Å². The van der Waals surface area contributed by atoms with Gasteiger partial charge in [0.2, 0.25) is 5.89 Å². The highest BCUT2D eigenvalue weighted by molar-refractivity contribution is 6.33. The number of benzene rings is 2. The number of para-hydroxylation sites is 1. The lowest BCUT2D eigenvalue weighted by Gasteiger charge is -2.05. The van der Waals surface area contributed by atoms with Gasteiger partial charge in [0, 0.05) is 11.7 Å². The molecule has 4 rings (SSSR count). The number of hydrogen-bond donors (Lipinski definition) is 0. The van der Waals surface area contributed by atoms with Crippen LogP contribution >= 0.6 is 11.6 Å². The molecule has 2 heterocycles. The molecule has 0 saturated heterocycles. The van der Waals surface area contributed by atoms with Crippen LogP contribution in [0, 0.1) is 0 Å². The first-order chi connectivity index (χ1) is 12.7. The summed E-state index contributed by atoms with van der Waals surface area (Å²) in [6.07, 6.45) is 1.86. The second kappa shape index (κ2) is 7.01. The van der Waals surface area contributed by atoms with Crippen LogP contribution in [-0.4, -0.2) is 20.7 Å². The fourth-order valence-electron chi connectivity index (χ4n) is 2.66. The molecule has 0 amide bonds. The summed E-state index contributed by atoms with van der Waals surface area (Å²) in [5.41, 5.74) is 1.61. The first-order valence-corrected chi connectivity index (χ1v) is 8.35. The lowest BCUT2D eigenvalue weighted by molar-refractivity contribution is -0.146. The Balaban J connectivity index is 1.40. The minimum Gasteiger partial charge on any atom is -0.454 e. The highest BCUT2D eigenvalue weighted by Crippen LogP contribution is 2.26. The molecule has 0 saturated carbocycles. The number of fused-ring (bicyclic) bond motifs is 1. The van der Waals surface area contributed by atoms with E-state index < -0.39 is 0 Å². The summed E-state index contributed by atoms with van der Waals surface area (Å²) in [7, 11) is 0. The first-order valence-electron chi connectivity index (χ1n) is 7.97. The van der Waals surface area contributed by atoms with Gasteiger partial charge in [-0.2, -0.15) is 0 Å². The van der Waals surface area contributed by atoms with Gasteiger partial charge in [0.15, 0.2) is 6.61 Å². The van der Waals surface area contributed by atoms with Gasteiger partial charge in [0.25, 0.3) is 5.89 Å². The number of esters is 1. The Kier molecular flexibility index (Phi) is 4.41. The zero-order valence-electron chi connectivity index (χ0n) is 13.6. The minimum absolute atomic E-state index is 0.0878.